The zero-order valence-corrected chi connectivity index (χ0v) is 10.4. The lowest BCUT2D eigenvalue weighted by atomic mass is 10.2. The summed E-state index contributed by atoms with van der Waals surface area (Å²) in [5.41, 5.74) is 0.179. The molecule has 1 heterocycles. The number of ether oxygens (including phenoxy) is 1. The van der Waals surface area contributed by atoms with Gasteiger partial charge in [0.15, 0.2) is 0 Å². The van der Waals surface area contributed by atoms with Crippen molar-refractivity contribution < 1.29 is 9.66 Å². The first-order valence-electron chi connectivity index (χ1n) is 5.33. The van der Waals surface area contributed by atoms with E-state index in [1.807, 2.05) is 13.8 Å². The minimum Gasteiger partial charge on any atom is -0.467 e. The zero-order valence-electron chi connectivity index (χ0n) is 10.4. The number of nitro groups is 1. The molecule has 1 unspecified atom stereocenters. The van der Waals surface area contributed by atoms with Crippen LogP contribution in [0.4, 0.5) is 11.5 Å². The van der Waals surface area contributed by atoms with Crippen LogP contribution >= 0.6 is 0 Å². The monoisotopic (exact) mass is 240 g/mol. The van der Waals surface area contributed by atoms with E-state index in [4.69, 9.17) is 4.74 Å². The predicted octanol–water partition coefficient (Wildman–Crippen LogP) is 1.91. The summed E-state index contributed by atoms with van der Waals surface area (Å²) in [4.78, 5) is 18.3. The van der Waals surface area contributed by atoms with Crippen molar-refractivity contribution in [3.05, 3.63) is 15.8 Å². The van der Waals surface area contributed by atoms with Crippen LogP contribution < -0.4 is 10.1 Å². The summed E-state index contributed by atoms with van der Waals surface area (Å²) >= 11 is 0. The Bertz CT molecular complexity index is 422. The summed E-state index contributed by atoms with van der Waals surface area (Å²) in [7, 11) is 1.42. The fourth-order valence-corrected chi connectivity index (χ4v) is 1.29. The van der Waals surface area contributed by atoms with Crippen LogP contribution in [0.2, 0.25) is 0 Å². The maximum absolute atomic E-state index is 11.0. The molecule has 1 N–H and O–H groups in total. The summed E-state index contributed by atoms with van der Waals surface area (Å²) in [5, 5.41) is 13.9. The van der Waals surface area contributed by atoms with Crippen LogP contribution in [-0.4, -0.2) is 28.0 Å². The van der Waals surface area contributed by atoms with Gasteiger partial charge in [0.25, 0.3) is 0 Å². The summed E-state index contributed by atoms with van der Waals surface area (Å²) in [6, 6.07) is 0.214. The van der Waals surface area contributed by atoms with Crippen molar-refractivity contribution >= 4 is 11.5 Å². The van der Waals surface area contributed by atoms with Crippen LogP contribution in [-0.2, 0) is 0 Å². The highest BCUT2D eigenvalue weighted by atomic mass is 16.6. The van der Waals surface area contributed by atoms with Crippen molar-refractivity contribution in [2.75, 3.05) is 12.4 Å². The topological polar surface area (TPSA) is 90.2 Å². The van der Waals surface area contributed by atoms with Crippen molar-refractivity contribution in [3.8, 4) is 6.01 Å². The van der Waals surface area contributed by atoms with Crippen molar-refractivity contribution in [2.45, 2.75) is 33.2 Å². The van der Waals surface area contributed by atoms with Gasteiger partial charge < -0.3 is 10.1 Å². The molecule has 0 saturated heterocycles. The van der Waals surface area contributed by atoms with Gasteiger partial charge in [-0.2, -0.15) is 9.97 Å². The number of methoxy groups -OCH3 is 1. The molecule has 7 nitrogen and oxygen atoms in total. The second kappa shape index (κ2) is 5.42. The largest absolute Gasteiger partial charge is 0.467 e. The normalized spacial score (nSPS) is 12.0. The van der Waals surface area contributed by atoms with Gasteiger partial charge in [0.05, 0.1) is 12.0 Å². The maximum Gasteiger partial charge on any atom is 0.332 e. The molecule has 1 atom stereocenters. The van der Waals surface area contributed by atoms with Crippen molar-refractivity contribution in [1.29, 1.82) is 0 Å². The molecule has 17 heavy (non-hydrogen) atoms. The van der Waals surface area contributed by atoms with Crippen molar-refractivity contribution in [3.63, 3.8) is 0 Å². The first kappa shape index (κ1) is 13.1. The molecule has 1 rings (SSSR count). The average molecular weight is 240 g/mol. The number of nitrogens with one attached hydrogen (secondary N) is 1. The quantitative estimate of drug-likeness (QED) is 0.624. The highest BCUT2D eigenvalue weighted by Gasteiger charge is 2.23. The van der Waals surface area contributed by atoms with Crippen molar-refractivity contribution in [2.24, 2.45) is 0 Å². The average Bonchev–Trinajstić information content (AvgIpc) is 2.27. The molecule has 0 fully saturated rings. The van der Waals surface area contributed by atoms with Gasteiger partial charge >= 0.3 is 11.7 Å². The van der Waals surface area contributed by atoms with Crippen LogP contribution in [0, 0.1) is 17.0 Å². The predicted molar refractivity (Wildman–Crippen MR) is 63.4 cm³/mol. The second-order valence-corrected chi connectivity index (χ2v) is 3.70. The van der Waals surface area contributed by atoms with Gasteiger partial charge in [-0.25, -0.2) is 0 Å². The lowest BCUT2D eigenvalue weighted by Crippen LogP contribution is -2.17. The Labute approximate surface area is 99.4 Å². The Balaban J connectivity index is 3.22. The fourth-order valence-electron chi connectivity index (χ4n) is 1.29. The molecule has 0 bridgehead atoms. The SMILES string of the molecule is CCC(C)Nc1nc(OC)nc(C)c1[N+](=O)[O-]. The van der Waals surface area contributed by atoms with Gasteiger partial charge in [0, 0.05) is 6.04 Å². The van der Waals surface area contributed by atoms with E-state index < -0.39 is 4.92 Å². The van der Waals surface area contributed by atoms with E-state index >= 15 is 0 Å². The molecule has 7 heteroatoms. The van der Waals surface area contributed by atoms with Crippen LogP contribution in [0.5, 0.6) is 6.01 Å². The van der Waals surface area contributed by atoms with E-state index in [2.05, 4.69) is 15.3 Å². The maximum atomic E-state index is 11.0. The van der Waals surface area contributed by atoms with E-state index in [0.29, 0.717) is 0 Å². The molecule has 0 spiro atoms. The second-order valence-electron chi connectivity index (χ2n) is 3.70. The lowest BCUT2D eigenvalue weighted by molar-refractivity contribution is -0.385. The summed E-state index contributed by atoms with van der Waals surface area (Å²) < 4.78 is 4.90. The molecule has 0 amide bonds. The first-order valence-corrected chi connectivity index (χ1v) is 5.33. The zero-order chi connectivity index (χ0) is 13.0. The minimum absolute atomic E-state index is 0.0905. The smallest absolute Gasteiger partial charge is 0.332 e. The van der Waals surface area contributed by atoms with Crippen LogP contribution in [0.3, 0.4) is 0 Å². The number of hydrogen-bond acceptors (Lipinski definition) is 6. The Morgan fingerprint density at radius 3 is 2.65 bits per heavy atom. The highest BCUT2D eigenvalue weighted by Crippen LogP contribution is 2.27. The fraction of sp³-hybridized carbons (Fsp3) is 0.600. The number of rotatable bonds is 5. The number of aryl methyl sites for hydroxylation is 1. The Morgan fingerprint density at radius 1 is 1.53 bits per heavy atom. The Hall–Kier alpha value is -1.92. The van der Waals surface area contributed by atoms with Crippen LogP contribution in [0.15, 0.2) is 0 Å². The molecule has 0 saturated carbocycles. The molecule has 0 aromatic carbocycles. The third-order valence-corrected chi connectivity index (χ3v) is 2.40. The van der Waals surface area contributed by atoms with E-state index in [1.165, 1.54) is 7.11 Å². The van der Waals surface area contributed by atoms with Crippen molar-refractivity contribution in [1.82, 2.24) is 9.97 Å². The van der Waals surface area contributed by atoms with Crippen LogP contribution in [0.1, 0.15) is 26.0 Å². The molecular weight excluding hydrogens is 224 g/mol. The third-order valence-electron chi connectivity index (χ3n) is 2.40. The number of nitrogens with zero attached hydrogens (tertiary/aromatic N) is 3. The number of hydrogen-bond donors (Lipinski definition) is 1. The highest BCUT2D eigenvalue weighted by molar-refractivity contribution is 5.59. The molecular formula is C10H16N4O3. The molecule has 0 aliphatic rings. The van der Waals surface area contributed by atoms with Gasteiger partial charge in [0.1, 0.15) is 5.69 Å². The molecule has 0 aliphatic carbocycles. The van der Waals surface area contributed by atoms with Gasteiger partial charge in [-0.15, -0.1) is 0 Å². The summed E-state index contributed by atoms with van der Waals surface area (Å²) in [6.07, 6.45) is 0.836. The Morgan fingerprint density at radius 2 is 2.18 bits per heavy atom. The van der Waals surface area contributed by atoms with Gasteiger partial charge in [-0.05, 0) is 20.3 Å². The Kier molecular flexibility index (Phi) is 4.19. The molecule has 1 aromatic rings. The molecule has 0 aliphatic heterocycles. The number of aromatic nitrogens is 2. The lowest BCUT2D eigenvalue weighted by Gasteiger charge is -2.13. The van der Waals surface area contributed by atoms with Gasteiger partial charge in [-0.3, -0.25) is 10.1 Å². The van der Waals surface area contributed by atoms with Gasteiger partial charge in [0.2, 0.25) is 5.82 Å². The van der Waals surface area contributed by atoms with Crippen LogP contribution in [0.25, 0.3) is 0 Å². The first-order chi connectivity index (χ1) is 7.99. The van der Waals surface area contributed by atoms with E-state index in [1.54, 1.807) is 6.92 Å². The summed E-state index contributed by atoms with van der Waals surface area (Å²) in [5.74, 6) is 0.203. The third kappa shape index (κ3) is 3.02. The minimum atomic E-state index is -0.487. The molecule has 94 valence electrons. The summed E-state index contributed by atoms with van der Waals surface area (Å²) in [6.45, 7) is 5.46. The standard InChI is InChI=1S/C10H16N4O3/c1-5-6(2)11-9-8(14(15)16)7(3)12-10(13-9)17-4/h6H,5H2,1-4H3,(H,11,12,13). The number of anilines is 1. The molecule has 0 radical (unpaired) electrons. The van der Waals surface area contributed by atoms with E-state index in [-0.39, 0.29) is 29.3 Å². The van der Waals surface area contributed by atoms with E-state index in [9.17, 15) is 10.1 Å². The molecule has 1 aromatic heterocycles. The van der Waals surface area contributed by atoms with E-state index in [0.717, 1.165) is 6.42 Å². The van der Waals surface area contributed by atoms with Gasteiger partial charge in [-0.1, -0.05) is 6.92 Å².